The highest BCUT2D eigenvalue weighted by molar-refractivity contribution is 5.14. The van der Waals surface area contributed by atoms with Gasteiger partial charge in [0.2, 0.25) is 0 Å². The Morgan fingerprint density at radius 3 is 2.44 bits per heavy atom. The minimum atomic E-state index is -4.33. The fraction of sp³-hybridized carbons (Fsp3) is 0.700. The monoisotopic (exact) mass is 236 g/mol. The Hall–Kier alpha value is -1.04. The van der Waals surface area contributed by atoms with Crippen LogP contribution in [0.15, 0.2) is 10.6 Å². The van der Waals surface area contributed by atoms with Gasteiger partial charge < -0.3 is 10.3 Å². The molecule has 1 aromatic heterocycles. The molecule has 0 saturated heterocycles. The molecular weight excluding hydrogens is 221 g/mol. The summed E-state index contributed by atoms with van der Waals surface area (Å²) in [6, 6.07) is 1.36. The highest BCUT2D eigenvalue weighted by Crippen LogP contribution is 2.37. The van der Waals surface area contributed by atoms with Crippen LogP contribution in [0.25, 0.3) is 0 Å². The van der Waals surface area contributed by atoms with Gasteiger partial charge in [0.1, 0.15) is 11.7 Å². The van der Waals surface area contributed by atoms with Gasteiger partial charge >= 0.3 is 6.18 Å². The van der Waals surface area contributed by atoms with Crippen LogP contribution in [-0.2, 0) is 0 Å². The van der Waals surface area contributed by atoms with Crippen molar-refractivity contribution < 1.29 is 17.7 Å². The van der Waals surface area contributed by atoms with Crippen molar-refractivity contribution in [1.82, 2.24) is 5.16 Å². The Labute approximate surface area is 91.8 Å². The smallest absolute Gasteiger partial charge is 0.361 e. The summed E-state index contributed by atoms with van der Waals surface area (Å²) >= 11 is 0. The van der Waals surface area contributed by atoms with Gasteiger partial charge in [-0.15, -0.1) is 0 Å². The molecule has 6 heteroatoms. The fourth-order valence-electron chi connectivity index (χ4n) is 1.39. The maximum absolute atomic E-state index is 12.7. The molecule has 0 aliphatic rings. The summed E-state index contributed by atoms with van der Waals surface area (Å²) in [4.78, 5) is 0. The number of rotatable bonds is 4. The molecule has 0 aliphatic carbocycles. The molecule has 1 atom stereocenters. The Morgan fingerprint density at radius 1 is 1.44 bits per heavy atom. The van der Waals surface area contributed by atoms with Crippen LogP contribution in [0.1, 0.15) is 43.6 Å². The summed E-state index contributed by atoms with van der Waals surface area (Å²) < 4.78 is 42.9. The number of alkyl halides is 3. The molecule has 0 spiro atoms. The van der Waals surface area contributed by atoms with Crippen molar-refractivity contribution in [2.24, 2.45) is 5.73 Å². The summed E-state index contributed by atoms with van der Waals surface area (Å²) in [5, 5.41) is 3.47. The highest BCUT2D eigenvalue weighted by atomic mass is 19.4. The van der Waals surface area contributed by atoms with Crippen LogP contribution in [0, 0.1) is 0 Å². The van der Waals surface area contributed by atoms with E-state index in [0.29, 0.717) is 5.76 Å². The third kappa shape index (κ3) is 2.98. The molecule has 1 unspecified atom stereocenters. The third-order valence-electron chi connectivity index (χ3n) is 2.32. The van der Waals surface area contributed by atoms with Crippen molar-refractivity contribution in [3.8, 4) is 0 Å². The molecule has 0 bridgehead atoms. The number of hydrogen-bond donors (Lipinski definition) is 1. The quantitative estimate of drug-likeness (QED) is 0.874. The molecule has 0 aliphatic heterocycles. The van der Waals surface area contributed by atoms with Crippen LogP contribution in [0.5, 0.6) is 0 Å². The Kier molecular flexibility index (Phi) is 3.96. The lowest BCUT2D eigenvalue weighted by molar-refractivity contribution is -0.152. The largest absolute Gasteiger partial charge is 0.397 e. The van der Waals surface area contributed by atoms with E-state index in [-0.39, 0.29) is 24.6 Å². The number of aromatic nitrogens is 1. The van der Waals surface area contributed by atoms with Crippen molar-refractivity contribution in [2.75, 3.05) is 6.54 Å². The standard InChI is InChI=1S/C10H15F3N2O/c1-6(2)9-5-8(15-16-9)7(3-4-14)10(11,12)13/h5-7H,3-4,14H2,1-2H3. The van der Waals surface area contributed by atoms with Crippen molar-refractivity contribution in [3.63, 3.8) is 0 Å². The molecule has 92 valence electrons. The first-order valence-corrected chi connectivity index (χ1v) is 5.09. The lowest BCUT2D eigenvalue weighted by Gasteiger charge is -2.16. The molecule has 1 aromatic rings. The summed E-state index contributed by atoms with van der Waals surface area (Å²) in [6.07, 6.45) is -4.50. The van der Waals surface area contributed by atoms with Crippen LogP contribution in [-0.4, -0.2) is 17.9 Å². The van der Waals surface area contributed by atoms with E-state index in [4.69, 9.17) is 10.3 Å². The van der Waals surface area contributed by atoms with Gasteiger partial charge in [-0.3, -0.25) is 0 Å². The molecule has 0 aromatic carbocycles. The molecule has 16 heavy (non-hydrogen) atoms. The Morgan fingerprint density at radius 2 is 2.06 bits per heavy atom. The van der Waals surface area contributed by atoms with Crippen LogP contribution in [0.3, 0.4) is 0 Å². The number of nitrogens with two attached hydrogens (primary N) is 1. The van der Waals surface area contributed by atoms with Gasteiger partial charge in [0, 0.05) is 12.0 Å². The van der Waals surface area contributed by atoms with Gasteiger partial charge in [-0.05, 0) is 13.0 Å². The predicted molar refractivity (Wildman–Crippen MR) is 53.1 cm³/mol. The van der Waals surface area contributed by atoms with E-state index in [9.17, 15) is 13.2 Å². The maximum Gasteiger partial charge on any atom is 0.397 e. The second kappa shape index (κ2) is 4.86. The maximum atomic E-state index is 12.7. The lowest BCUT2D eigenvalue weighted by Crippen LogP contribution is -2.23. The Balaban J connectivity index is 2.93. The van der Waals surface area contributed by atoms with Gasteiger partial charge in [-0.25, -0.2) is 0 Å². The van der Waals surface area contributed by atoms with Crippen molar-refractivity contribution in [2.45, 2.75) is 38.3 Å². The van der Waals surface area contributed by atoms with E-state index < -0.39 is 12.1 Å². The molecule has 1 heterocycles. The molecule has 0 radical (unpaired) electrons. The van der Waals surface area contributed by atoms with Crippen LogP contribution < -0.4 is 5.73 Å². The van der Waals surface area contributed by atoms with Crippen molar-refractivity contribution in [1.29, 1.82) is 0 Å². The number of nitrogens with zero attached hydrogens (tertiary/aromatic N) is 1. The van der Waals surface area contributed by atoms with E-state index in [2.05, 4.69) is 5.16 Å². The fourth-order valence-corrected chi connectivity index (χ4v) is 1.39. The average Bonchev–Trinajstić information content (AvgIpc) is 2.60. The predicted octanol–water partition coefficient (Wildman–Crippen LogP) is 2.79. The summed E-state index contributed by atoms with van der Waals surface area (Å²) in [5.74, 6) is -1.15. The van der Waals surface area contributed by atoms with Crippen molar-refractivity contribution in [3.05, 3.63) is 17.5 Å². The normalized spacial score (nSPS) is 14.4. The van der Waals surface area contributed by atoms with E-state index in [1.54, 1.807) is 0 Å². The summed E-state index contributed by atoms with van der Waals surface area (Å²) in [5.41, 5.74) is 5.09. The van der Waals surface area contributed by atoms with Crippen LogP contribution in [0.4, 0.5) is 13.2 Å². The topological polar surface area (TPSA) is 52.0 Å². The second-order valence-corrected chi connectivity index (χ2v) is 3.98. The van der Waals surface area contributed by atoms with E-state index in [0.717, 1.165) is 0 Å². The number of hydrogen-bond acceptors (Lipinski definition) is 3. The molecule has 2 N–H and O–H groups in total. The van der Waals surface area contributed by atoms with E-state index in [1.165, 1.54) is 6.07 Å². The minimum absolute atomic E-state index is 0.0213. The summed E-state index contributed by atoms with van der Waals surface area (Å²) in [7, 11) is 0. The minimum Gasteiger partial charge on any atom is -0.361 e. The SMILES string of the molecule is CC(C)c1cc(C(CCN)C(F)(F)F)no1. The second-order valence-electron chi connectivity index (χ2n) is 3.98. The van der Waals surface area contributed by atoms with Gasteiger partial charge in [-0.2, -0.15) is 13.2 Å². The molecule has 0 saturated carbocycles. The van der Waals surface area contributed by atoms with Crippen LogP contribution >= 0.6 is 0 Å². The first-order valence-electron chi connectivity index (χ1n) is 5.09. The zero-order chi connectivity index (χ0) is 12.3. The van der Waals surface area contributed by atoms with Gasteiger partial charge in [0.05, 0.1) is 5.69 Å². The van der Waals surface area contributed by atoms with E-state index in [1.807, 2.05) is 13.8 Å². The first kappa shape index (κ1) is 13.0. The van der Waals surface area contributed by atoms with Gasteiger partial charge in [-0.1, -0.05) is 19.0 Å². The van der Waals surface area contributed by atoms with Gasteiger partial charge in [0.15, 0.2) is 0 Å². The lowest BCUT2D eigenvalue weighted by atomic mass is 9.99. The molecule has 3 nitrogen and oxygen atoms in total. The molecular formula is C10H15F3N2O. The van der Waals surface area contributed by atoms with Crippen molar-refractivity contribution >= 4 is 0 Å². The summed E-state index contributed by atoms with van der Waals surface area (Å²) in [6.45, 7) is 3.62. The van der Waals surface area contributed by atoms with Gasteiger partial charge in [0.25, 0.3) is 0 Å². The molecule has 0 amide bonds. The Bertz CT molecular complexity index is 333. The molecule has 1 rings (SSSR count). The average molecular weight is 236 g/mol. The van der Waals surface area contributed by atoms with Crippen LogP contribution in [0.2, 0.25) is 0 Å². The zero-order valence-electron chi connectivity index (χ0n) is 9.21. The first-order chi connectivity index (χ1) is 7.36. The highest BCUT2D eigenvalue weighted by Gasteiger charge is 2.42. The van der Waals surface area contributed by atoms with E-state index >= 15 is 0 Å². The zero-order valence-corrected chi connectivity index (χ0v) is 9.21. The third-order valence-corrected chi connectivity index (χ3v) is 2.32. The molecule has 0 fully saturated rings. The number of halogens is 3.